The minimum Gasteiger partial charge on any atom is -0.413 e. The van der Waals surface area contributed by atoms with Crippen molar-refractivity contribution >= 4 is 25.3 Å². The van der Waals surface area contributed by atoms with Gasteiger partial charge in [0.25, 0.3) is 0 Å². The van der Waals surface area contributed by atoms with Crippen LogP contribution in [-0.4, -0.2) is 63.0 Å². The van der Waals surface area contributed by atoms with Crippen LogP contribution in [0, 0.1) is 0 Å². The predicted octanol–water partition coefficient (Wildman–Crippen LogP) is 2.22. The Hall–Kier alpha value is -1.59. The Morgan fingerprint density at radius 3 is 2.28 bits per heavy atom. The van der Waals surface area contributed by atoms with Gasteiger partial charge in [-0.3, -0.25) is 4.57 Å². The average molecular weight is 424 g/mol. The summed E-state index contributed by atoms with van der Waals surface area (Å²) in [6, 6.07) is 0. The molecule has 162 valence electrons. The van der Waals surface area contributed by atoms with E-state index in [1.165, 1.54) is 12.7 Å². The fourth-order valence-corrected chi connectivity index (χ4v) is 10.3. The Balaban J connectivity index is 1.81. The number of hydrogen-bond donors (Lipinski definition) is 3. The second-order valence-corrected chi connectivity index (χ2v) is 14.2. The molecule has 2 aromatic rings. The number of fused-ring (bicyclic) bond motifs is 1. The summed E-state index contributed by atoms with van der Waals surface area (Å²) in [7, 11) is -2.12. The number of nitrogens with zero attached hydrogens (tertiary/aromatic N) is 4. The quantitative estimate of drug-likeness (QED) is 0.578. The van der Waals surface area contributed by atoms with E-state index in [1.54, 1.807) is 4.57 Å². The Labute approximate surface area is 172 Å². The molecule has 0 aliphatic carbocycles. The number of aliphatic hydroxyl groups excluding tert-OH is 2. The Bertz CT molecular complexity index is 821. The number of rotatable bonds is 7. The van der Waals surface area contributed by atoms with Gasteiger partial charge in [-0.2, -0.15) is 0 Å². The van der Waals surface area contributed by atoms with Gasteiger partial charge in [0.2, 0.25) is 0 Å². The molecule has 0 saturated carbocycles. The van der Waals surface area contributed by atoms with E-state index >= 15 is 0 Å². The van der Waals surface area contributed by atoms with Crippen LogP contribution < -0.4 is 5.73 Å². The highest BCUT2D eigenvalue weighted by Gasteiger charge is 2.49. The fourth-order valence-electron chi connectivity index (χ4n) is 4.88. The first-order valence-corrected chi connectivity index (χ1v) is 12.3. The van der Waals surface area contributed by atoms with Gasteiger partial charge in [-0.15, -0.1) is 0 Å². The van der Waals surface area contributed by atoms with Crippen molar-refractivity contribution < 1.29 is 19.4 Å². The zero-order valence-corrected chi connectivity index (χ0v) is 19.0. The van der Waals surface area contributed by atoms with Crippen molar-refractivity contribution in [3.05, 3.63) is 12.7 Å². The lowest BCUT2D eigenvalue weighted by atomic mass is 10.1. The summed E-state index contributed by atoms with van der Waals surface area (Å²) in [5.74, 6) is 0.253. The van der Waals surface area contributed by atoms with Crippen LogP contribution in [-0.2, 0) is 9.16 Å². The molecule has 0 amide bonds. The van der Waals surface area contributed by atoms with Crippen LogP contribution in [0.5, 0.6) is 0 Å². The third-order valence-electron chi connectivity index (χ3n) is 6.20. The molecule has 0 bridgehead atoms. The van der Waals surface area contributed by atoms with Gasteiger partial charge in [0, 0.05) is 0 Å². The molecule has 1 aliphatic heterocycles. The van der Waals surface area contributed by atoms with Crippen molar-refractivity contribution in [1.82, 2.24) is 19.5 Å². The first-order valence-electron chi connectivity index (χ1n) is 10.2. The molecular weight excluding hydrogens is 390 g/mol. The summed E-state index contributed by atoms with van der Waals surface area (Å²) in [5, 5.41) is 21.3. The SMILES string of the molecule is CC(C)[Si](OC[C@H]1O[C@@H](n2cnc3c(N)ncnc32)C(O)C1O)(C(C)C)C(C)C. The molecule has 1 saturated heterocycles. The van der Waals surface area contributed by atoms with E-state index < -0.39 is 32.9 Å². The molecular formula is C19H33N5O4Si. The molecule has 0 spiro atoms. The van der Waals surface area contributed by atoms with E-state index in [4.69, 9.17) is 14.9 Å². The molecule has 10 heteroatoms. The number of nitrogen functional groups attached to an aromatic ring is 1. The molecule has 0 aromatic carbocycles. The van der Waals surface area contributed by atoms with E-state index in [0.29, 0.717) is 27.8 Å². The van der Waals surface area contributed by atoms with Crippen molar-refractivity contribution in [3.63, 3.8) is 0 Å². The maximum atomic E-state index is 10.6. The fraction of sp³-hybridized carbons (Fsp3) is 0.737. The van der Waals surface area contributed by atoms with Gasteiger partial charge in [-0.1, -0.05) is 41.5 Å². The number of aromatic nitrogens is 4. The van der Waals surface area contributed by atoms with Gasteiger partial charge in [-0.25, -0.2) is 15.0 Å². The average Bonchev–Trinajstić information content (AvgIpc) is 3.18. The third kappa shape index (κ3) is 3.68. The van der Waals surface area contributed by atoms with Crippen molar-refractivity contribution in [3.8, 4) is 0 Å². The molecule has 1 fully saturated rings. The maximum Gasteiger partial charge on any atom is 0.200 e. The minimum absolute atomic E-state index is 0.235. The highest BCUT2D eigenvalue weighted by atomic mass is 28.4. The highest BCUT2D eigenvalue weighted by molar-refractivity contribution is 6.77. The Morgan fingerprint density at radius 1 is 1.07 bits per heavy atom. The second-order valence-electron chi connectivity index (χ2n) is 8.76. The lowest BCUT2D eigenvalue weighted by Crippen LogP contribution is -2.50. The zero-order chi connectivity index (χ0) is 21.5. The Kier molecular flexibility index (Phi) is 6.30. The summed E-state index contributed by atoms with van der Waals surface area (Å²) in [6.45, 7) is 13.5. The molecule has 2 aromatic heterocycles. The van der Waals surface area contributed by atoms with Crippen molar-refractivity contribution in [2.24, 2.45) is 0 Å². The first-order chi connectivity index (χ1) is 13.6. The normalized spacial score (nSPS) is 25.8. The second kappa shape index (κ2) is 8.27. The predicted molar refractivity (Wildman–Crippen MR) is 113 cm³/mol. The summed E-state index contributed by atoms with van der Waals surface area (Å²) in [6.07, 6.45) is -0.849. The van der Waals surface area contributed by atoms with Gasteiger partial charge in [0.1, 0.15) is 30.2 Å². The summed E-state index contributed by atoms with van der Waals surface area (Å²) >= 11 is 0. The lowest BCUT2D eigenvalue weighted by Gasteiger charge is -2.42. The summed E-state index contributed by atoms with van der Waals surface area (Å²) in [5.41, 5.74) is 7.97. The molecule has 0 radical (unpaired) electrons. The third-order valence-corrected chi connectivity index (χ3v) is 12.3. The van der Waals surface area contributed by atoms with Gasteiger partial charge in [0.05, 0.1) is 12.9 Å². The van der Waals surface area contributed by atoms with Crippen LogP contribution in [0.15, 0.2) is 12.7 Å². The number of nitrogens with two attached hydrogens (primary N) is 1. The van der Waals surface area contributed by atoms with Gasteiger partial charge >= 0.3 is 0 Å². The molecule has 3 heterocycles. The monoisotopic (exact) mass is 423 g/mol. The van der Waals surface area contributed by atoms with E-state index in [9.17, 15) is 10.2 Å². The van der Waals surface area contributed by atoms with Crippen LogP contribution in [0.3, 0.4) is 0 Å². The van der Waals surface area contributed by atoms with Crippen molar-refractivity contribution in [2.45, 2.75) is 82.7 Å². The number of ether oxygens (including phenoxy) is 1. The topological polar surface area (TPSA) is 129 Å². The van der Waals surface area contributed by atoms with Gasteiger partial charge in [0.15, 0.2) is 26.0 Å². The number of imidazole rings is 1. The molecule has 1 aliphatic rings. The van der Waals surface area contributed by atoms with Crippen LogP contribution >= 0.6 is 0 Å². The van der Waals surface area contributed by atoms with E-state index in [1.807, 2.05) is 0 Å². The lowest BCUT2D eigenvalue weighted by molar-refractivity contribution is -0.0495. The van der Waals surface area contributed by atoms with E-state index in [0.717, 1.165) is 0 Å². The van der Waals surface area contributed by atoms with E-state index in [2.05, 4.69) is 56.5 Å². The standard InChI is InChI=1S/C19H33N5O4Si/c1-10(2)29(11(3)4,12(5)6)27-7-13-15(25)16(26)19(28-13)24-9-23-14-17(20)21-8-22-18(14)24/h8-13,15-16,19,25-26H,7H2,1-6H3,(H2,20,21,22)/t13-,15?,16?,19-/m1/s1. The summed E-state index contributed by atoms with van der Waals surface area (Å²) < 4.78 is 14.2. The Morgan fingerprint density at radius 2 is 1.69 bits per heavy atom. The highest BCUT2D eigenvalue weighted by Crippen LogP contribution is 2.43. The van der Waals surface area contributed by atoms with Gasteiger partial charge in [-0.05, 0) is 16.6 Å². The number of hydrogen-bond acceptors (Lipinski definition) is 8. The molecule has 3 rings (SSSR count). The molecule has 9 nitrogen and oxygen atoms in total. The molecule has 29 heavy (non-hydrogen) atoms. The van der Waals surface area contributed by atoms with Crippen LogP contribution in [0.1, 0.15) is 47.8 Å². The van der Waals surface area contributed by atoms with Crippen LogP contribution in [0.25, 0.3) is 11.2 Å². The molecule has 4 atom stereocenters. The largest absolute Gasteiger partial charge is 0.413 e. The van der Waals surface area contributed by atoms with Gasteiger partial charge < -0.3 is 25.1 Å². The van der Waals surface area contributed by atoms with Crippen LogP contribution in [0.4, 0.5) is 5.82 Å². The van der Waals surface area contributed by atoms with Crippen LogP contribution in [0.2, 0.25) is 16.6 Å². The summed E-state index contributed by atoms with van der Waals surface area (Å²) in [4.78, 5) is 12.3. The molecule has 4 N–H and O–H groups in total. The van der Waals surface area contributed by atoms with Crippen molar-refractivity contribution in [2.75, 3.05) is 12.3 Å². The number of aliphatic hydroxyl groups is 2. The maximum absolute atomic E-state index is 10.6. The zero-order valence-electron chi connectivity index (χ0n) is 18.0. The number of anilines is 1. The molecule has 2 unspecified atom stereocenters. The smallest absolute Gasteiger partial charge is 0.200 e. The first kappa shape index (κ1) is 22.1. The van der Waals surface area contributed by atoms with Crippen molar-refractivity contribution in [1.29, 1.82) is 0 Å². The minimum atomic E-state index is -2.12. The van der Waals surface area contributed by atoms with E-state index in [-0.39, 0.29) is 12.4 Å².